The Morgan fingerprint density at radius 3 is 2.23 bits per heavy atom. The Labute approximate surface area is 229 Å². The number of aliphatic hydroxyl groups excluding tert-OH is 1. The Hall–Kier alpha value is -4.26. The van der Waals surface area contributed by atoms with Gasteiger partial charge in [0, 0.05) is 17.3 Å². The van der Waals surface area contributed by atoms with Crippen LogP contribution in [0.4, 0.5) is 5.69 Å². The average Bonchev–Trinajstić information content (AvgIpc) is 3.19. The molecule has 1 unspecified atom stereocenters. The molecular weight excluding hydrogens is 494 g/mol. The van der Waals surface area contributed by atoms with Crippen LogP contribution in [0, 0.1) is 12.8 Å². The summed E-state index contributed by atoms with van der Waals surface area (Å²) in [6, 6.07) is 18.8. The van der Waals surface area contributed by atoms with Crippen molar-refractivity contribution in [2.24, 2.45) is 5.92 Å². The second-order valence-electron chi connectivity index (χ2n) is 9.81. The van der Waals surface area contributed by atoms with Gasteiger partial charge >= 0.3 is 0 Å². The van der Waals surface area contributed by atoms with Crippen molar-refractivity contribution in [2.75, 3.05) is 24.7 Å². The molecule has 1 aliphatic rings. The van der Waals surface area contributed by atoms with E-state index in [1.165, 1.54) is 4.90 Å². The number of benzene rings is 3. The summed E-state index contributed by atoms with van der Waals surface area (Å²) in [6.45, 7) is 11.2. The van der Waals surface area contributed by atoms with Crippen LogP contribution in [0.2, 0.25) is 0 Å². The van der Waals surface area contributed by atoms with Gasteiger partial charge in [0.15, 0.2) is 11.5 Å². The Balaban J connectivity index is 1.83. The monoisotopic (exact) mass is 529 g/mol. The largest absolute Gasteiger partial charge is 0.507 e. The lowest BCUT2D eigenvalue weighted by Gasteiger charge is -2.26. The van der Waals surface area contributed by atoms with Gasteiger partial charge in [-0.15, -0.1) is 0 Å². The van der Waals surface area contributed by atoms with E-state index in [9.17, 15) is 14.7 Å². The molecule has 1 atom stereocenters. The molecule has 0 radical (unpaired) electrons. The number of rotatable bonds is 10. The molecule has 0 saturated carbocycles. The van der Waals surface area contributed by atoms with Crippen LogP contribution in [0.3, 0.4) is 0 Å². The first kappa shape index (κ1) is 27.8. The lowest BCUT2D eigenvalue weighted by atomic mass is 9.94. The molecule has 0 bridgehead atoms. The normalized spacial score (nSPS) is 16.6. The van der Waals surface area contributed by atoms with Crippen molar-refractivity contribution in [3.63, 3.8) is 0 Å². The predicted molar refractivity (Wildman–Crippen MR) is 152 cm³/mol. The fraction of sp³-hybridized carbons (Fsp3) is 0.312. The molecule has 1 N–H and O–H groups in total. The number of nitrogens with zero attached hydrogens (tertiary/aromatic N) is 1. The highest BCUT2D eigenvalue weighted by atomic mass is 16.5. The van der Waals surface area contributed by atoms with E-state index in [1.807, 2.05) is 45.0 Å². The molecule has 1 fully saturated rings. The second kappa shape index (κ2) is 12.1. The first-order chi connectivity index (χ1) is 18.7. The van der Waals surface area contributed by atoms with Crippen LogP contribution in [-0.2, 0) is 9.59 Å². The van der Waals surface area contributed by atoms with Crippen molar-refractivity contribution in [3.8, 4) is 17.2 Å². The van der Waals surface area contributed by atoms with Crippen molar-refractivity contribution in [1.29, 1.82) is 0 Å². The summed E-state index contributed by atoms with van der Waals surface area (Å²) >= 11 is 0. The SMILES string of the molecule is CCOc1ccc(N2C(=O)C(=O)/C(=C(/O)c3ccc(OCC(C)C)cc3)C2c2cccc(C)c2)cc1OCC. The van der Waals surface area contributed by atoms with Gasteiger partial charge in [0.1, 0.15) is 11.5 Å². The third-order valence-electron chi connectivity index (χ3n) is 6.32. The number of carbonyl (C=O) groups is 2. The average molecular weight is 530 g/mol. The van der Waals surface area contributed by atoms with Crippen LogP contribution in [0.1, 0.15) is 50.4 Å². The Morgan fingerprint density at radius 1 is 0.897 bits per heavy atom. The summed E-state index contributed by atoms with van der Waals surface area (Å²) in [4.78, 5) is 28.5. The van der Waals surface area contributed by atoms with Gasteiger partial charge < -0.3 is 19.3 Å². The molecule has 7 heteroatoms. The number of amides is 1. The van der Waals surface area contributed by atoms with Crippen LogP contribution >= 0.6 is 0 Å². The van der Waals surface area contributed by atoms with E-state index in [0.717, 1.165) is 5.56 Å². The van der Waals surface area contributed by atoms with Gasteiger partial charge in [-0.2, -0.15) is 0 Å². The Bertz CT molecular complexity index is 1380. The van der Waals surface area contributed by atoms with Gasteiger partial charge in [-0.05, 0) is 68.7 Å². The zero-order valence-corrected chi connectivity index (χ0v) is 23.1. The zero-order valence-electron chi connectivity index (χ0n) is 23.1. The van der Waals surface area contributed by atoms with Gasteiger partial charge in [0.25, 0.3) is 11.7 Å². The highest BCUT2D eigenvalue weighted by molar-refractivity contribution is 6.51. The molecule has 39 heavy (non-hydrogen) atoms. The molecule has 0 aromatic heterocycles. The van der Waals surface area contributed by atoms with Gasteiger partial charge in [-0.25, -0.2) is 0 Å². The first-order valence-corrected chi connectivity index (χ1v) is 13.3. The number of Topliss-reactive ketones (excluding diaryl/α,β-unsaturated/α-hetero) is 1. The van der Waals surface area contributed by atoms with E-state index in [-0.39, 0.29) is 11.3 Å². The van der Waals surface area contributed by atoms with E-state index in [1.54, 1.807) is 42.5 Å². The van der Waals surface area contributed by atoms with Gasteiger partial charge in [0.05, 0.1) is 31.4 Å². The van der Waals surface area contributed by atoms with Crippen molar-refractivity contribution >= 4 is 23.1 Å². The van der Waals surface area contributed by atoms with Crippen LogP contribution in [-0.4, -0.2) is 36.6 Å². The van der Waals surface area contributed by atoms with Gasteiger partial charge in [-0.1, -0.05) is 43.7 Å². The highest BCUT2D eigenvalue weighted by Gasteiger charge is 2.47. The molecule has 1 heterocycles. The molecular formula is C32H35NO6. The number of hydrogen-bond donors (Lipinski definition) is 1. The van der Waals surface area contributed by atoms with Crippen LogP contribution < -0.4 is 19.1 Å². The molecule has 3 aromatic rings. The smallest absolute Gasteiger partial charge is 0.300 e. The molecule has 204 valence electrons. The number of ketones is 1. The fourth-order valence-corrected chi connectivity index (χ4v) is 4.57. The summed E-state index contributed by atoms with van der Waals surface area (Å²) < 4.78 is 17.2. The minimum absolute atomic E-state index is 0.0216. The maximum absolute atomic E-state index is 13.5. The fourth-order valence-electron chi connectivity index (χ4n) is 4.57. The third-order valence-corrected chi connectivity index (χ3v) is 6.32. The minimum atomic E-state index is -0.839. The minimum Gasteiger partial charge on any atom is -0.507 e. The standard InChI is InChI=1S/C32H35NO6/c1-6-37-26-16-13-24(18-27(26)38-7-2)33-29(23-10-8-9-21(5)17-23)28(31(35)32(33)36)30(34)22-11-14-25(15-12-22)39-19-20(3)4/h8-18,20,29,34H,6-7,19H2,1-5H3/b30-28+. The van der Waals surface area contributed by atoms with Crippen molar-refractivity contribution < 1.29 is 28.9 Å². The summed E-state index contributed by atoms with van der Waals surface area (Å²) in [7, 11) is 0. The summed E-state index contributed by atoms with van der Waals surface area (Å²) in [5, 5.41) is 11.4. The highest BCUT2D eigenvalue weighted by Crippen LogP contribution is 2.44. The lowest BCUT2D eigenvalue weighted by Crippen LogP contribution is -2.29. The van der Waals surface area contributed by atoms with Crippen molar-refractivity contribution in [3.05, 3.63) is 89.0 Å². The molecule has 3 aromatic carbocycles. The van der Waals surface area contributed by atoms with Gasteiger partial charge in [0.2, 0.25) is 0 Å². The molecule has 7 nitrogen and oxygen atoms in total. The number of aryl methyl sites for hydroxylation is 1. The van der Waals surface area contributed by atoms with E-state index in [2.05, 4.69) is 13.8 Å². The summed E-state index contributed by atoms with van der Waals surface area (Å²) in [5.41, 5.74) is 2.58. The molecule has 1 amide bonds. The molecule has 0 aliphatic carbocycles. The number of carbonyl (C=O) groups excluding carboxylic acids is 2. The number of hydrogen-bond acceptors (Lipinski definition) is 6. The van der Waals surface area contributed by atoms with Crippen molar-refractivity contribution in [1.82, 2.24) is 0 Å². The number of aliphatic hydroxyl groups is 1. The third kappa shape index (κ3) is 5.93. The Morgan fingerprint density at radius 2 is 1.59 bits per heavy atom. The first-order valence-electron chi connectivity index (χ1n) is 13.3. The second-order valence-corrected chi connectivity index (χ2v) is 9.81. The maximum Gasteiger partial charge on any atom is 0.300 e. The molecule has 4 rings (SSSR count). The molecule has 0 spiro atoms. The van der Waals surface area contributed by atoms with E-state index in [0.29, 0.717) is 59.8 Å². The topological polar surface area (TPSA) is 85.3 Å². The number of anilines is 1. The van der Waals surface area contributed by atoms with Crippen molar-refractivity contribution in [2.45, 2.75) is 40.7 Å². The maximum atomic E-state index is 13.5. The molecule has 1 aliphatic heterocycles. The van der Waals surface area contributed by atoms with E-state index < -0.39 is 17.7 Å². The quantitative estimate of drug-likeness (QED) is 0.184. The Kier molecular flexibility index (Phi) is 8.59. The lowest BCUT2D eigenvalue weighted by molar-refractivity contribution is -0.132. The summed E-state index contributed by atoms with van der Waals surface area (Å²) in [6.07, 6.45) is 0. The summed E-state index contributed by atoms with van der Waals surface area (Å²) in [5.74, 6) is 0.319. The van der Waals surface area contributed by atoms with E-state index in [4.69, 9.17) is 14.2 Å². The number of ether oxygens (including phenoxy) is 3. The predicted octanol–water partition coefficient (Wildman–Crippen LogP) is 6.45. The van der Waals surface area contributed by atoms with Gasteiger partial charge in [-0.3, -0.25) is 14.5 Å². The zero-order chi connectivity index (χ0) is 28.1. The van der Waals surface area contributed by atoms with Crippen LogP contribution in [0.25, 0.3) is 5.76 Å². The van der Waals surface area contributed by atoms with E-state index >= 15 is 0 Å². The van der Waals surface area contributed by atoms with Crippen LogP contribution in [0.15, 0.2) is 72.3 Å². The van der Waals surface area contributed by atoms with Crippen LogP contribution in [0.5, 0.6) is 17.2 Å². The molecule has 1 saturated heterocycles.